The molecule has 68 heavy (non-hydrogen) atoms. The zero-order chi connectivity index (χ0) is 46.8. The van der Waals surface area contributed by atoms with Crippen molar-refractivity contribution >= 4 is 5.91 Å². The highest BCUT2D eigenvalue weighted by Crippen LogP contribution is 2.35. The first-order valence-corrected chi connectivity index (χ1v) is 23.2. The SMILES string of the molecule is CC(=O)N[C@H]1[C@H](O[C@@H]2[C@@H](OCc3ccccc3)[C@@H](O)O[C@H](COCc3ccccc3)[C@@H]2OCc2ccccc2)O[C@H](COCc2ccccc2)[C@@H](OCc2ccccc2)[C@@H]1OCc1ccccc1. The lowest BCUT2D eigenvalue weighted by Crippen LogP contribution is -2.69. The zero-order valence-electron chi connectivity index (χ0n) is 38.3. The molecular weight excluding hydrogens is 863 g/mol. The third-order valence-corrected chi connectivity index (χ3v) is 11.8. The number of carbonyl (C=O) groups excluding carboxylic acids is 1. The molecule has 2 N–H and O–H groups in total. The van der Waals surface area contributed by atoms with Crippen molar-refractivity contribution in [3.05, 3.63) is 215 Å². The summed E-state index contributed by atoms with van der Waals surface area (Å²) in [6, 6.07) is 57.8. The topological polar surface area (TPSA) is 132 Å². The molecule has 0 spiro atoms. The van der Waals surface area contributed by atoms with Crippen molar-refractivity contribution in [3.8, 4) is 0 Å². The molecule has 10 atom stereocenters. The minimum Gasteiger partial charge on any atom is -0.374 e. The quantitative estimate of drug-likeness (QED) is 0.0647. The summed E-state index contributed by atoms with van der Waals surface area (Å²) in [5.41, 5.74) is 5.62. The van der Waals surface area contributed by atoms with Gasteiger partial charge in [-0.2, -0.15) is 0 Å². The summed E-state index contributed by atoms with van der Waals surface area (Å²) in [6.07, 6.45) is -8.96. The van der Waals surface area contributed by atoms with E-state index in [0.717, 1.165) is 33.4 Å². The average molecular weight is 924 g/mol. The highest BCUT2D eigenvalue weighted by atomic mass is 16.7. The highest BCUT2D eigenvalue weighted by molar-refractivity contribution is 5.73. The van der Waals surface area contributed by atoms with Gasteiger partial charge in [0.05, 0.1) is 52.9 Å². The van der Waals surface area contributed by atoms with Crippen molar-refractivity contribution in [1.82, 2.24) is 5.32 Å². The van der Waals surface area contributed by atoms with E-state index in [1.165, 1.54) is 6.92 Å². The molecule has 0 aliphatic carbocycles. The Morgan fingerprint density at radius 3 is 1.15 bits per heavy atom. The van der Waals surface area contributed by atoms with Crippen molar-refractivity contribution in [2.45, 2.75) is 108 Å². The van der Waals surface area contributed by atoms with Gasteiger partial charge in [0.1, 0.15) is 48.8 Å². The van der Waals surface area contributed by atoms with Gasteiger partial charge in [0.2, 0.25) is 5.91 Å². The van der Waals surface area contributed by atoms with Crippen LogP contribution in [0.2, 0.25) is 0 Å². The highest BCUT2D eigenvalue weighted by Gasteiger charge is 2.54. The first-order valence-electron chi connectivity index (χ1n) is 23.2. The summed E-state index contributed by atoms with van der Waals surface area (Å²) >= 11 is 0. The molecule has 0 radical (unpaired) electrons. The average Bonchev–Trinajstić information content (AvgIpc) is 3.37. The fourth-order valence-electron chi connectivity index (χ4n) is 8.46. The molecule has 8 rings (SSSR count). The van der Waals surface area contributed by atoms with E-state index in [-0.39, 0.29) is 45.5 Å². The summed E-state index contributed by atoms with van der Waals surface area (Å²) < 4.78 is 60.4. The number of benzene rings is 6. The van der Waals surface area contributed by atoms with Gasteiger partial charge in [-0.15, -0.1) is 0 Å². The van der Waals surface area contributed by atoms with E-state index in [1.807, 2.05) is 182 Å². The van der Waals surface area contributed by atoms with E-state index in [4.69, 9.17) is 42.6 Å². The largest absolute Gasteiger partial charge is 0.374 e. The van der Waals surface area contributed by atoms with Crippen molar-refractivity contribution in [1.29, 1.82) is 0 Å². The summed E-state index contributed by atoms with van der Waals surface area (Å²) in [5, 5.41) is 15.1. The standard InChI is InChI=1S/C56H61NO11/c1-40(58)57-49-52(64-36-45-28-16-6-17-29-45)50(62-34-43-24-12-4-13-25-43)48(39-61-33-42-22-10-3-11-23-42)67-56(49)68-53-51(63-35-44-26-14-5-15-27-44)47(38-60-32-41-20-8-2-9-21-41)66-55(59)54(53)65-37-46-30-18-7-19-31-46/h2-31,47-56,59H,32-39H2,1H3,(H,57,58)/t47-,48-,49-,50-,51+,52-,53+,54-,55+,56+/m1/s1. The molecule has 0 aromatic heterocycles. The normalized spacial score (nSPS) is 24.9. The lowest BCUT2D eigenvalue weighted by atomic mass is 9.94. The van der Waals surface area contributed by atoms with E-state index < -0.39 is 61.3 Å². The van der Waals surface area contributed by atoms with Crippen molar-refractivity contribution in [2.24, 2.45) is 0 Å². The predicted molar refractivity (Wildman–Crippen MR) is 254 cm³/mol. The van der Waals surface area contributed by atoms with Crippen LogP contribution in [-0.2, 0) is 87.1 Å². The molecule has 6 aromatic carbocycles. The van der Waals surface area contributed by atoms with Gasteiger partial charge >= 0.3 is 0 Å². The monoisotopic (exact) mass is 923 g/mol. The number of ether oxygens (including phenoxy) is 9. The van der Waals surface area contributed by atoms with Gasteiger partial charge < -0.3 is 53.1 Å². The van der Waals surface area contributed by atoms with E-state index in [0.29, 0.717) is 13.2 Å². The number of hydrogen-bond donors (Lipinski definition) is 2. The van der Waals surface area contributed by atoms with Gasteiger partial charge in [0, 0.05) is 6.92 Å². The Balaban J connectivity index is 1.16. The van der Waals surface area contributed by atoms with Crippen molar-refractivity contribution in [3.63, 3.8) is 0 Å². The number of amides is 1. The maximum atomic E-state index is 13.4. The van der Waals surface area contributed by atoms with Crippen LogP contribution in [0.5, 0.6) is 0 Å². The third-order valence-electron chi connectivity index (χ3n) is 11.8. The molecule has 356 valence electrons. The number of hydrogen-bond acceptors (Lipinski definition) is 11. The van der Waals surface area contributed by atoms with E-state index >= 15 is 0 Å². The van der Waals surface area contributed by atoms with Gasteiger partial charge in [-0.3, -0.25) is 4.79 Å². The Morgan fingerprint density at radius 2 is 0.765 bits per heavy atom. The van der Waals surface area contributed by atoms with Crippen molar-refractivity contribution < 1.29 is 52.5 Å². The second kappa shape index (κ2) is 25.7. The summed E-state index contributed by atoms with van der Waals surface area (Å²) in [7, 11) is 0. The molecule has 12 heteroatoms. The number of aliphatic hydroxyl groups is 1. The van der Waals surface area contributed by atoms with Gasteiger partial charge in [-0.1, -0.05) is 182 Å². The van der Waals surface area contributed by atoms with Gasteiger partial charge in [0.25, 0.3) is 0 Å². The number of carbonyl (C=O) groups is 1. The fraction of sp³-hybridized carbons (Fsp3) is 0.339. The Hall–Kier alpha value is -5.61. The summed E-state index contributed by atoms with van der Waals surface area (Å²) in [6.45, 7) is 2.91. The van der Waals surface area contributed by atoms with Crippen LogP contribution in [0.15, 0.2) is 182 Å². The molecule has 2 heterocycles. The first kappa shape index (κ1) is 48.8. The second-order valence-electron chi connectivity index (χ2n) is 17.0. The number of aliphatic hydroxyl groups excluding tert-OH is 1. The molecule has 0 unspecified atom stereocenters. The Morgan fingerprint density at radius 1 is 0.441 bits per heavy atom. The van der Waals surface area contributed by atoms with Gasteiger partial charge in [0.15, 0.2) is 12.6 Å². The molecule has 6 aromatic rings. The third kappa shape index (κ3) is 14.2. The molecule has 0 saturated carbocycles. The van der Waals surface area contributed by atoms with Crippen LogP contribution in [0.1, 0.15) is 40.3 Å². The van der Waals surface area contributed by atoms with Crippen LogP contribution in [0.25, 0.3) is 0 Å². The summed E-state index contributed by atoms with van der Waals surface area (Å²) in [5.74, 6) is -0.339. The molecule has 0 bridgehead atoms. The zero-order valence-corrected chi connectivity index (χ0v) is 38.3. The van der Waals surface area contributed by atoms with Crippen LogP contribution in [-0.4, -0.2) is 85.6 Å². The van der Waals surface area contributed by atoms with Crippen LogP contribution >= 0.6 is 0 Å². The summed E-state index contributed by atoms with van der Waals surface area (Å²) in [4.78, 5) is 13.4. The molecule has 1 amide bonds. The van der Waals surface area contributed by atoms with E-state index in [2.05, 4.69) is 5.32 Å². The molecule has 2 aliphatic heterocycles. The molecular formula is C56H61NO11. The molecule has 2 saturated heterocycles. The number of rotatable bonds is 23. The number of nitrogens with one attached hydrogen (secondary N) is 1. The fourth-order valence-corrected chi connectivity index (χ4v) is 8.46. The molecule has 12 nitrogen and oxygen atoms in total. The van der Waals surface area contributed by atoms with Crippen LogP contribution in [0.4, 0.5) is 0 Å². The Bertz CT molecular complexity index is 2330. The van der Waals surface area contributed by atoms with Gasteiger partial charge in [-0.25, -0.2) is 0 Å². The second-order valence-corrected chi connectivity index (χ2v) is 17.0. The van der Waals surface area contributed by atoms with E-state index in [1.54, 1.807) is 0 Å². The lowest BCUT2D eigenvalue weighted by Gasteiger charge is -2.50. The maximum absolute atomic E-state index is 13.4. The first-order chi connectivity index (χ1) is 33.5. The molecule has 2 fully saturated rings. The molecule has 2 aliphatic rings. The van der Waals surface area contributed by atoms with Crippen LogP contribution < -0.4 is 5.32 Å². The Kier molecular flexibility index (Phi) is 18.4. The van der Waals surface area contributed by atoms with Crippen LogP contribution in [0, 0.1) is 0 Å². The predicted octanol–water partition coefficient (Wildman–Crippen LogP) is 8.09. The maximum Gasteiger partial charge on any atom is 0.217 e. The minimum atomic E-state index is -1.48. The minimum absolute atomic E-state index is 0.0471. The van der Waals surface area contributed by atoms with Crippen LogP contribution in [0.3, 0.4) is 0 Å². The smallest absolute Gasteiger partial charge is 0.217 e. The lowest BCUT2D eigenvalue weighted by molar-refractivity contribution is -0.358. The van der Waals surface area contributed by atoms with E-state index in [9.17, 15) is 9.90 Å². The van der Waals surface area contributed by atoms with Gasteiger partial charge in [-0.05, 0) is 33.4 Å². The Labute approximate surface area is 399 Å². The van der Waals surface area contributed by atoms with Crippen molar-refractivity contribution in [2.75, 3.05) is 13.2 Å².